The van der Waals surface area contributed by atoms with Gasteiger partial charge >= 0.3 is 5.97 Å². The lowest BCUT2D eigenvalue weighted by Gasteiger charge is -2.04. The molecule has 166 valence electrons. The Morgan fingerprint density at radius 2 is 1.68 bits per heavy atom. The van der Waals surface area contributed by atoms with Crippen molar-refractivity contribution < 1.29 is 14.6 Å². The van der Waals surface area contributed by atoms with E-state index in [2.05, 4.69) is 4.98 Å². The van der Waals surface area contributed by atoms with Gasteiger partial charge in [0.2, 0.25) is 0 Å². The van der Waals surface area contributed by atoms with Gasteiger partial charge in [-0.1, -0.05) is 36.4 Å². The van der Waals surface area contributed by atoms with Gasteiger partial charge in [0.15, 0.2) is 0 Å². The van der Waals surface area contributed by atoms with Gasteiger partial charge < -0.3 is 9.84 Å². The number of benzene rings is 3. The third kappa shape index (κ3) is 4.17. The minimum Gasteiger partial charge on any atom is -0.497 e. The number of aromatic nitrogens is 3. The Bertz CT molecular complexity index is 1500. The molecule has 0 unspecified atom stereocenters. The van der Waals surface area contributed by atoms with E-state index < -0.39 is 5.97 Å². The maximum atomic E-state index is 11.8. The van der Waals surface area contributed by atoms with E-state index in [0.29, 0.717) is 16.6 Å². The van der Waals surface area contributed by atoms with Crippen LogP contribution in [-0.2, 0) is 0 Å². The minimum absolute atomic E-state index is 0.223. The Kier molecular flexibility index (Phi) is 5.62. The van der Waals surface area contributed by atoms with Crippen LogP contribution in [0, 0.1) is 0 Å². The summed E-state index contributed by atoms with van der Waals surface area (Å²) < 4.78 is 7.11. The molecule has 0 aliphatic rings. The Labute approximate surface area is 196 Å². The first-order chi connectivity index (χ1) is 16.6. The van der Waals surface area contributed by atoms with E-state index >= 15 is 0 Å². The van der Waals surface area contributed by atoms with E-state index in [-0.39, 0.29) is 5.56 Å². The van der Waals surface area contributed by atoms with Crippen molar-refractivity contribution in [3.05, 3.63) is 108 Å². The molecule has 0 radical (unpaired) electrons. The summed E-state index contributed by atoms with van der Waals surface area (Å²) in [7, 11) is 1.63. The van der Waals surface area contributed by atoms with Crippen LogP contribution in [0.5, 0.6) is 5.75 Å². The van der Waals surface area contributed by atoms with E-state index in [4.69, 9.17) is 9.84 Å². The molecule has 5 aromatic rings. The van der Waals surface area contributed by atoms with Crippen molar-refractivity contribution in [2.75, 3.05) is 7.11 Å². The number of fused-ring (bicyclic) bond motifs is 1. The minimum atomic E-state index is -0.982. The van der Waals surface area contributed by atoms with Gasteiger partial charge in [0.1, 0.15) is 5.75 Å². The maximum absolute atomic E-state index is 11.8. The molecule has 0 aliphatic carbocycles. The summed E-state index contributed by atoms with van der Waals surface area (Å²) in [5, 5.41) is 15.1. The summed E-state index contributed by atoms with van der Waals surface area (Å²) in [6, 6.07) is 26.4. The van der Waals surface area contributed by atoms with E-state index in [9.17, 15) is 9.90 Å². The highest BCUT2D eigenvalue weighted by atomic mass is 16.5. The van der Waals surface area contributed by atoms with E-state index in [1.54, 1.807) is 19.2 Å². The van der Waals surface area contributed by atoms with E-state index in [1.165, 1.54) is 0 Å². The molecule has 0 amide bonds. The fraction of sp³-hybridized carbons (Fsp3) is 0.0357. The van der Waals surface area contributed by atoms with E-state index in [0.717, 1.165) is 28.3 Å². The van der Waals surface area contributed by atoms with Crippen molar-refractivity contribution in [1.29, 1.82) is 0 Å². The standard InChI is InChI=1S/C28H21N3O3/c1-34-23-15-12-19(13-16-23)27-20(18-31(30-27)22-7-3-2-4-8-22)11-14-21-17-25(28(32)33)24-9-5-6-10-26(24)29-21/h2-18H,1H3,(H,32,33). The number of para-hydroxylation sites is 2. The number of ether oxygens (including phenoxy) is 1. The quantitative estimate of drug-likeness (QED) is 0.347. The molecule has 0 fully saturated rings. The lowest BCUT2D eigenvalue weighted by molar-refractivity contribution is 0.0699. The molecule has 6 heteroatoms. The molecule has 0 saturated heterocycles. The van der Waals surface area contributed by atoms with Crippen LogP contribution in [0.25, 0.3) is 40.0 Å². The number of carboxylic acid groups (broad SMARTS) is 1. The Morgan fingerprint density at radius 1 is 0.941 bits per heavy atom. The first-order valence-electron chi connectivity index (χ1n) is 10.7. The van der Waals surface area contributed by atoms with Gasteiger partial charge in [-0.3, -0.25) is 0 Å². The molecular weight excluding hydrogens is 426 g/mol. The fourth-order valence-corrected chi connectivity index (χ4v) is 3.83. The third-order valence-electron chi connectivity index (χ3n) is 5.53. The lowest BCUT2D eigenvalue weighted by atomic mass is 10.1. The number of rotatable bonds is 6. The monoisotopic (exact) mass is 447 g/mol. The van der Waals surface area contributed by atoms with Crippen molar-refractivity contribution in [3.8, 4) is 22.7 Å². The average Bonchev–Trinajstić information content (AvgIpc) is 3.32. The van der Waals surface area contributed by atoms with Gasteiger partial charge in [0, 0.05) is 22.7 Å². The van der Waals surface area contributed by atoms with Crippen molar-refractivity contribution >= 4 is 29.0 Å². The van der Waals surface area contributed by atoms with Crippen LogP contribution in [0.3, 0.4) is 0 Å². The normalized spacial score (nSPS) is 11.2. The molecular formula is C28H21N3O3. The van der Waals surface area contributed by atoms with Crippen molar-refractivity contribution in [2.45, 2.75) is 0 Å². The van der Waals surface area contributed by atoms with Crippen LogP contribution in [0.1, 0.15) is 21.6 Å². The molecule has 0 aliphatic heterocycles. The van der Waals surface area contributed by atoms with Crippen LogP contribution < -0.4 is 4.74 Å². The fourth-order valence-electron chi connectivity index (χ4n) is 3.83. The summed E-state index contributed by atoms with van der Waals surface area (Å²) in [6.45, 7) is 0. The number of hydrogen-bond acceptors (Lipinski definition) is 4. The molecule has 1 N–H and O–H groups in total. The molecule has 0 bridgehead atoms. The Hall–Kier alpha value is -4.71. The molecule has 5 rings (SSSR count). The number of hydrogen-bond donors (Lipinski definition) is 1. The van der Waals surface area contributed by atoms with Crippen molar-refractivity contribution in [2.24, 2.45) is 0 Å². The summed E-state index contributed by atoms with van der Waals surface area (Å²) in [5.41, 5.74) is 4.96. The van der Waals surface area contributed by atoms with Gasteiger partial charge in [-0.15, -0.1) is 0 Å². The van der Waals surface area contributed by atoms with Crippen LogP contribution in [0.2, 0.25) is 0 Å². The summed E-state index contributed by atoms with van der Waals surface area (Å²) in [6.07, 6.45) is 5.68. The highest BCUT2D eigenvalue weighted by Crippen LogP contribution is 2.28. The molecule has 0 saturated carbocycles. The molecule has 3 aromatic carbocycles. The molecule has 6 nitrogen and oxygen atoms in total. The number of aromatic carboxylic acids is 1. The van der Waals surface area contributed by atoms with Gasteiger partial charge in [-0.25, -0.2) is 14.5 Å². The van der Waals surface area contributed by atoms with Crippen LogP contribution in [-0.4, -0.2) is 33.0 Å². The molecule has 2 aromatic heterocycles. The third-order valence-corrected chi connectivity index (χ3v) is 5.53. The molecule has 34 heavy (non-hydrogen) atoms. The zero-order valence-corrected chi connectivity index (χ0v) is 18.4. The first kappa shape index (κ1) is 21.2. The van der Waals surface area contributed by atoms with Crippen molar-refractivity contribution in [1.82, 2.24) is 14.8 Å². The lowest BCUT2D eigenvalue weighted by Crippen LogP contribution is -2.00. The van der Waals surface area contributed by atoms with Crippen LogP contribution >= 0.6 is 0 Å². The largest absolute Gasteiger partial charge is 0.497 e. The van der Waals surface area contributed by atoms with Gasteiger partial charge in [0.05, 0.1) is 35.3 Å². The van der Waals surface area contributed by atoms with Crippen LogP contribution in [0.4, 0.5) is 0 Å². The number of methoxy groups -OCH3 is 1. The highest BCUT2D eigenvalue weighted by Gasteiger charge is 2.13. The predicted octanol–water partition coefficient (Wildman–Crippen LogP) is 5.96. The van der Waals surface area contributed by atoms with Crippen LogP contribution in [0.15, 0.2) is 91.1 Å². The summed E-state index contributed by atoms with van der Waals surface area (Å²) in [5.74, 6) is -0.214. The highest BCUT2D eigenvalue weighted by molar-refractivity contribution is 6.03. The first-order valence-corrected chi connectivity index (χ1v) is 10.7. The number of carbonyl (C=O) groups is 1. The maximum Gasteiger partial charge on any atom is 0.336 e. The van der Waals surface area contributed by atoms with Gasteiger partial charge in [-0.2, -0.15) is 5.10 Å². The Balaban J connectivity index is 1.60. The smallest absolute Gasteiger partial charge is 0.336 e. The van der Waals surface area contributed by atoms with Gasteiger partial charge in [-0.05, 0) is 60.7 Å². The zero-order chi connectivity index (χ0) is 23.5. The average molecular weight is 447 g/mol. The summed E-state index contributed by atoms with van der Waals surface area (Å²) >= 11 is 0. The zero-order valence-electron chi connectivity index (χ0n) is 18.4. The SMILES string of the molecule is COc1ccc(-c2nn(-c3ccccc3)cc2C=Cc2cc(C(=O)O)c3ccccc3n2)cc1. The summed E-state index contributed by atoms with van der Waals surface area (Å²) in [4.78, 5) is 16.4. The van der Waals surface area contributed by atoms with Gasteiger partial charge in [0.25, 0.3) is 0 Å². The second kappa shape index (κ2) is 9.03. The number of nitrogens with zero attached hydrogens (tertiary/aromatic N) is 3. The second-order valence-electron chi connectivity index (χ2n) is 7.69. The molecule has 0 spiro atoms. The van der Waals surface area contributed by atoms with Crippen molar-refractivity contribution in [3.63, 3.8) is 0 Å². The molecule has 2 heterocycles. The number of pyridine rings is 1. The predicted molar refractivity (Wildman–Crippen MR) is 133 cm³/mol. The van der Waals surface area contributed by atoms with E-state index in [1.807, 2.05) is 95.8 Å². The Morgan fingerprint density at radius 3 is 2.41 bits per heavy atom. The number of carboxylic acids is 1. The topological polar surface area (TPSA) is 77.2 Å². The second-order valence-corrected chi connectivity index (χ2v) is 7.69. The molecule has 0 atom stereocenters.